The van der Waals surface area contributed by atoms with Crippen molar-refractivity contribution in [3.05, 3.63) is 98.8 Å². The van der Waals surface area contributed by atoms with Gasteiger partial charge in [0.25, 0.3) is 11.8 Å². The number of thioether (sulfide) groups is 1. The minimum absolute atomic E-state index is 0.127. The number of halogens is 1. The fourth-order valence-electron chi connectivity index (χ4n) is 2.97. The first kappa shape index (κ1) is 18.7. The summed E-state index contributed by atoms with van der Waals surface area (Å²) >= 11 is 2.83. The van der Waals surface area contributed by atoms with Gasteiger partial charge < -0.3 is 0 Å². The van der Waals surface area contributed by atoms with Crippen molar-refractivity contribution >= 4 is 40.5 Å². The van der Waals surface area contributed by atoms with Crippen molar-refractivity contribution < 1.29 is 14.0 Å². The standard InChI is InChI=1S/C22H16FNO2S2/c23-17-10-8-15(9-11-17)13-24-21(25)19(18-7-4-12-27-18)20(22(24)26)28-14-16-5-2-1-3-6-16/h1-12H,13-14H2. The zero-order valence-electron chi connectivity index (χ0n) is 14.8. The molecule has 2 aromatic carbocycles. The zero-order valence-corrected chi connectivity index (χ0v) is 16.4. The van der Waals surface area contributed by atoms with Gasteiger partial charge in [0.15, 0.2) is 0 Å². The number of hydrogen-bond donors (Lipinski definition) is 0. The molecule has 4 rings (SSSR count). The van der Waals surface area contributed by atoms with Crippen molar-refractivity contribution in [2.24, 2.45) is 0 Å². The highest BCUT2D eigenvalue weighted by Crippen LogP contribution is 2.39. The van der Waals surface area contributed by atoms with Crippen LogP contribution < -0.4 is 0 Å². The third-order valence-corrected chi connectivity index (χ3v) is 6.41. The summed E-state index contributed by atoms with van der Waals surface area (Å²) < 4.78 is 13.2. The third-order valence-electron chi connectivity index (χ3n) is 4.37. The van der Waals surface area contributed by atoms with Crippen LogP contribution in [0, 0.1) is 5.82 Å². The lowest BCUT2D eigenvalue weighted by atomic mass is 10.2. The average molecular weight is 410 g/mol. The first-order valence-electron chi connectivity index (χ1n) is 8.69. The summed E-state index contributed by atoms with van der Waals surface area (Å²) in [5.41, 5.74) is 2.26. The molecule has 0 fully saturated rings. The van der Waals surface area contributed by atoms with Crippen LogP contribution in [0.5, 0.6) is 0 Å². The second-order valence-electron chi connectivity index (χ2n) is 6.28. The molecule has 6 heteroatoms. The topological polar surface area (TPSA) is 37.4 Å². The maximum absolute atomic E-state index is 13.2. The maximum Gasteiger partial charge on any atom is 0.268 e. The van der Waals surface area contributed by atoms with E-state index in [0.717, 1.165) is 10.4 Å². The van der Waals surface area contributed by atoms with Crippen LogP contribution in [0.25, 0.3) is 5.57 Å². The van der Waals surface area contributed by atoms with E-state index < -0.39 is 0 Å². The molecule has 3 aromatic rings. The van der Waals surface area contributed by atoms with Gasteiger partial charge in [-0.05, 0) is 34.7 Å². The van der Waals surface area contributed by atoms with E-state index in [2.05, 4.69) is 0 Å². The van der Waals surface area contributed by atoms with Crippen molar-refractivity contribution in [3.8, 4) is 0 Å². The van der Waals surface area contributed by atoms with Gasteiger partial charge in [0.2, 0.25) is 0 Å². The first-order valence-corrected chi connectivity index (χ1v) is 10.6. The van der Waals surface area contributed by atoms with Crippen LogP contribution in [0.3, 0.4) is 0 Å². The van der Waals surface area contributed by atoms with Gasteiger partial charge in [-0.15, -0.1) is 23.1 Å². The molecule has 1 aromatic heterocycles. The molecule has 1 aliphatic heterocycles. The maximum atomic E-state index is 13.2. The Kier molecular flexibility index (Phi) is 5.41. The smallest absolute Gasteiger partial charge is 0.268 e. The van der Waals surface area contributed by atoms with Crippen LogP contribution in [0.2, 0.25) is 0 Å². The first-order chi connectivity index (χ1) is 13.6. The summed E-state index contributed by atoms with van der Waals surface area (Å²) in [6.07, 6.45) is 0. The van der Waals surface area contributed by atoms with Crippen molar-refractivity contribution in [1.29, 1.82) is 0 Å². The molecule has 0 unspecified atom stereocenters. The number of carbonyl (C=O) groups excluding carboxylic acids is 2. The molecule has 140 valence electrons. The molecule has 0 spiro atoms. The molecule has 0 radical (unpaired) electrons. The van der Waals surface area contributed by atoms with Crippen LogP contribution in [-0.2, 0) is 21.9 Å². The molecule has 3 nitrogen and oxygen atoms in total. The lowest BCUT2D eigenvalue weighted by molar-refractivity contribution is -0.137. The Hall–Kier alpha value is -2.70. The molecule has 28 heavy (non-hydrogen) atoms. The Morgan fingerprint density at radius 1 is 0.857 bits per heavy atom. The summed E-state index contributed by atoms with van der Waals surface area (Å²) in [4.78, 5) is 28.6. The number of imide groups is 1. The lowest BCUT2D eigenvalue weighted by Gasteiger charge is -2.15. The van der Waals surface area contributed by atoms with E-state index in [1.165, 1.54) is 40.1 Å². The molecule has 0 saturated carbocycles. The number of nitrogens with zero attached hydrogens (tertiary/aromatic N) is 1. The normalized spacial score (nSPS) is 14.2. The van der Waals surface area contributed by atoms with Crippen molar-refractivity contribution in [2.45, 2.75) is 12.3 Å². The minimum Gasteiger partial charge on any atom is -0.269 e. The Labute approximate surface area is 170 Å². The summed E-state index contributed by atoms with van der Waals surface area (Å²) in [6.45, 7) is 0.127. The number of hydrogen-bond acceptors (Lipinski definition) is 4. The molecule has 0 N–H and O–H groups in total. The summed E-state index contributed by atoms with van der Waals surface area (Å²) in [7, 11) is 0. The molecule has 0 saturated heterocycles. The van der Waals surface area contributed by atoms with Gasteiger partial charge in [-0.2, -0.15) is 0 Å². The van der Waals surface area contributed by atoms with E-state index in [1.807, 2.05) is 47.8 Å². The fraction of sp³-hybridized carbons (Fsp3) is 0.0909. The molecular weight excluding hydrogens is 393 g/mol. The van der Waals surface area contributed by atoms with Crippen LogP contribution in [0.15, 0.2) is 77.0 Å². The lowest BCUT2D eigenvalue weighted by Crippen LogP contribution is -2.30. The Morgan fingerprint density at radius 2 is 1.61 bits per heavy atom. The average Bonchev–Trinajstić information content (AvgIpc) is 3.31. The quantitative estimate of drug-likeness (QED) is 0.532. The van der Waals surface area contributed by atoms with Gasteiger partial charge in [0.05, 0.1) is 17.0 Å². The van der Waals surface area contributed by atoms with Crippen LogP contribution in [0.4, 0.5) is 4.39 Å². The monoisotopic (exact) mass is 409 g/mol. The molecule has 0 bridgehead atoms. The largest absolute Gasteiger partial charge is 0.269 e. The van der Waals surface area contributed by atoms with Crippen molar-refractivity contribution in [1.82, 2.24) is 4.90 Å². The predicted molar refractivity (Wildman–Crippen MR) is 111 cm³/mol. The molecule has 0 aliphatic carbocycles. The Balaban J connectivity index is 1.62. The minimum atomic E-state index is -0.348. The van der Waals surface area contributed by atoms with Gasteiger partial charge in [0, 0.05) is 10.6 Å². The van der Waals surface area contributed by atoms with Gasteiger partial charge in [0.1, 0.15) is 5.82 Å². The van der Waals surface area contributed by atoms with E-state index in [4.69, 9.17) is 0 Å². The van der Waals surface area contributed by atoms with Crippen LogP contribution in [0.1, 0.15) is 16.0 Å². The van der Waals surface area contributed by atoms with E-state index in [0.29, 0.717) is 21.8 Å². The Morgan fingerprint density at radius 3 is 2.29 bits per heavy atom. The highest BCUT2D eigenvalue weighted by Gasteiger charge is 2.39. The van der Waals surface area contributed by atoms with Crippen molar-refractivity contribution in [2.75, 3.05) is 0 Å². The van der Waals surface area contributed by atoms with Crippen LogP contribution >= 0.6 is 23.1 Å². The number of amides is 2. The molecular formula is C22H16FNO2S2. The fourth-order valence-corrected chi connectivity index (χ4v) is 4.88. The van der Waals surface area contributed by atoms with Crippen LogP contribution in [-0.4, -0.2) is 16.7 Å². The molecule has 1 aliphatic rings. The molecule has 2 amide bonds. The highest BCUT2D eigenvalue weighted by molar-refractivity contribution is 8.03. The van der Waals surface area contributed by atoms with Gasteiger partial charge in [-0.1, -0.05) is 48.5 Å². The number of benzene rings is 2. The zero-order chi connectivity index (χ0) is 19.5. The van der Waals surface area contributed by atoms with E-state index in [1.54, 1.807) is 12.1 Å². The second-order valence-corrected chi connectivity index (χ2v) is 8.21. The van der Waals surface area contributed by atoms with E-state index in [9.17, 15) is 14.0 Å². The predicted octanol–water partition coefficient (Wildman–Crippen LogP) is 5.10. The van der Waals surface area contributed by atoms with E-state index in [-0.39, 0.29) is 24.2 Å². The SMILES string of the molecule is O=C1C(SCc2ccccc2)=C(c2cccs2)C(=O)N1Cc1ccc(F)cc1. The van der Waals surface area contributed by atoms with Gasteiger partial charge >= 0.3 is 0 Å². The summed E-state index contributed by atoms with van der Waals surface area (Å²) in [5.74, 6) is -0.334. The Bertz CT molecular complexity index is 1030. The summed E-state index contributed by atoms with van der Waals surface area (Å²) in [6, 6.07) is 19.4. The van der Waals surface area contributed by atoms with Gasteiger partial charge in [-0.25, -0.2) is 4.39 Å². The second kappa shape index (κ2) is 8.12. The number of thiophene rings is 1. The molecule has 0 atom stereocenters. The number of rotatable bonds is 6. The molecule has 2 heterocycles. The highest BCUT2D eigenvalue weighted by atomic mass is 32.2. The summed E-state index contributed by atoms with van der Waals surface area (Å²) in [5, 5.41) is 1.89. The van der Waals surface area contributed by atoms with Crippen molar-refractivity contribution in [3.63, 3.8) is 0 Å². The van der Waals surface area contributed by atoms with Gasteiger partial charge in [-0.3, -0.25) is 14.5 Å². The van der Waals surface area contributed by atoms with E-state index >= 15 is 0 Å². The third kappa shape index (κ3) is 3.79. The number of carbonyl (C=O) groups is 2.